The van der Waals surface area contributed by atoms with Crippen LogP contribution in [0.2, 0.25) is 0 Å². The van der Waals surface area contributed by atoms with Gasteiger partial charge in [0.05, 0.1) is 12.4 Å². The van der Waals surface area contributed by atoms with Gasteiger partial charge in [0.15, 0.2) is 5.82 Å². The number of fused-ring (bicyclic) bond motifs is 1. The van der Waals surface area contributed by atoms with Gasteiger partial charge in [-0.25, -0.2) is 18.7 Å². The van der Waals surface area contributed by atoms with Crippen LogP contribution in [-0.4, -0.2) is 52.7 Å². The summed E-state index contributed by atoms with van der Waals surface area (Å²) in [6.45, 7) is 3.78. The number of piperidine rings is 1. The van der Waals surface area contributed by atoms with E-state index in [4.69, 9.17) is 4.74 Å². The zero-order valence-corrected chi connectivity index (χ0v) is 16.2. The maximum absolute atomic E-state index is 13.3. The fourth-order valence-corrected chi connectivity index (χ4v) is 4.32. The second kappa shape index (κ2) is 7.98. The van der Waals surface area contributed by atoms with Crippen molar-refractivity contribution in [1.29, 1.82) is 0 Å². The van der Waals surface area contributed by atoms with Crippen molar-refractivity contribution in [2.75, 3.05) is 24.5 Å². The van der Waals surface area contributed by atoms with Gasteiger partial charge in [-0.3, -0.25) is 4.90 Å². The Labute approximate surface area is 170 Å². The molecule has 3 heterocycles. The van der Waals surface area contributed by atoms with Crippen molar-refractivity contribution >= 4 is 5.95 Å². The van der Waals surface area contributed by atoms with E-state index in [0.717, 1.165) is 24.5 Å². The summed E-state index contributed by atoms with van der Waals surface area (Å²) in [6, 6.07) is 2.69. The molecular weight excluding hydrogens is 407 g/mol. The number of alkyl halides is 3. The fourth-order valence-electron chi connectivity index (χ4n) is 4.32. The smallest absolute Gasteiger partial charge is 0.420 e. The van der Waals surface area contributed by atoms with Gasteiger partial charge >= 0.3 is 6.18 Å². The Morgan fingerprint density at radius 3 is 2.47 bits per heavy atom. The summed E-state index contributed by atoms with van der Waals surface area (Å²) in [7, 11) is 0. The van der Waals surface area contributed by atoms with Crippen molar-refractivity contribution in [1.82, 2.24) is 14.9 Å². The zero-order chi connectivity index (χ0) is 21.5. The lowest BCUT2D eigenvalue weighted by Crippen LogP contribution is -2.62. The van der Waals surface area contributed by atoms with Crippen molar-refractivity contribution < 1.29 is 26.7 Å². The first-order valence-corrected chi connectivity index (χ1v) is 9.74. The SMILES string of the molecule is CC1[C@@H]2CC[C@@H](Oc3ccc(F)cc3C(F)(F)F)CN2CCN1c1ncc(F)cn1. The normalized spacial score (nSPS) is 25.1. The maximum Gasteiger partial charge on any atom is 0.420 e. The summed E-state index contributed by atoms with van der Waals surface area (Å²) in [6.07, 6.45) is -1.57. The molecule has 2 saturated heterocycles. The van der Waals surface area contributed by atoms with E-state index >= 15 is 0 Å². The number of rotatable bonds is 3. The van der Waals surface area contributed by atoms with E-state index in [1.165, 1.54) is 0 Å². The third-order valence-corrected chi connectivity index (χ3v) is 5.77. The second-order valence-corrected chi connectivity index (χ2v) is 7.65. The molecule has 2 aliphatic heterocycles. The number of nitrogens with zero attached hydrogens (tertiary/aromatic N) is 4. The van der Waals surface area contributed by atoms with Crippen LogP contribution in [0.15, 0.2) is 30.6 Å². The van der Waals surface area contributed by atoms with Gasteiger partial charge in [0.1, 0.15) is 23.2 Å². The second-order valence-electron chi connectivity index (χ2n) is 7.65. The van der Waals surface area contributed by atoms with Gasteiger partial charge in [0.2, 0.25) is 5.95 Å². The standard InChI is InChI=1S/C20H21F5N4O/c1-12-17-4-3-15(30-18-5-2-13(21)8-16(18)20(23,24)25)11-28(17)6-7-29(12)19-26-9-14(22)10-27-19/h2,5,8-10,12,15,17H,3-4,6-7,11H2,1H3/t12?,15-,17+/m1/s1. The third-order valence-electron chi connectivity index (χ3n) is 5.77. The molecule has 0 radical (unpaired) electrons. The molecule has 0 spiro atoms. The first-order valence-electron chi connectivity index (χ1n) is 9.74. The summed E-state index contributed by atoms with van der Waals surface area (Å²) in [5.74, 6) is -1.34. The molecule has 0 N–H and O–H groups in total. The van der Waals surface area contributed by atoms with E-state index in [-0.39, 0.29) is 17.8 Å². The Hall–Kier alpha value is -2.49. The van der Waals surface area contributed by atoms with Crippen LogP contribution in [0.4, 0.5) is 27.9 Å². The number of benzene rings is 1. The topological polar surface area (TPSA) is 41.5 Å². The number of piperazine rings is 1. The predicted octanol–water partition coefficient (Wildman–Crippen LogP) is 3.89. The largest absolute Gasteiger partial charge is 0.488 e. The quantitative estimate of drug-likeness (QED) is 0.694. The van der Waals surface area contributed by atoms with Crippen LogP contribution in [0.1, 0.15) is 25.3 Å². The lowest BCUT2D eigenvalue weighted by atomic mass is 9.92. The Morgan fingerprint density at radius 1 is 1.03 bits per heavy atom. The molecule has 5 nitrogen and oxygen atoms in total. The number of halogens is 5. The average molecular weight is 428 g/mol. The summed E-state index contributed by atoms with van der Waals surface area (Å²) in [4.78, 5) is 12.3. The number of hydrogen-bond donors (Lipinski definition) is 0. The van der Waals surface area contributed by atoms with Crippen LogP contribution in [0.3, 0.4) is 0 Å². The molecule has 30 heavy (non-hydrogen) atoms. The molecule has 4 rings (SSSR count). The minimum Gasteiger partial charge on any atom is -0.488 e. The van der Waals surface area contributed by atoms with Gasteiger partial charge in [-0.1, -0.05) is 0 Å². The van der Waals surface area contributed by atoms with E-state index in [2.05, 4.69) is 14.9 Å². The molecule has 0 amide bonds. The molecule has 0 saturated carbocycles. The van der Waals surface area contributed by atoms with Crippen LogP contribution in [0, 0.1) is 11.6 Å². The van der Waals surface area contributed by atoms with Gasteiger partial charge in [0, 0.05) is 31.7 Å². The lowest BCUT2D eigenvalue weighted by Gasteiger charge is -2.50. The molecule has 10 heteroatoms. The summed E-state index contributed by atoms with van der Waals surface area (Å²) in [5.41, 5.74) is -1.10. The highest BCUT2D eigenvalue weighted by Gasteiger charge is 2.40. The minimum absolute atomic E-state index is 0.0571. The first-order chi connectivity index (χ1) is 14.2. The molecule has 1 aromatic carbocycles. The van der Waals surface area contributed by atoms with Gasteiger partial charge in [-0.15, -0.1) is 0 Å². The highest BCUT2D eigenvalue weighted by Crippen LogP contribution is 2.38. The molecule has 2 fully saturated rings. The lowest BCUT2D eigenvalue weighted by molar-refractivity contribution is -0.139. The average Bonchev–Trinajstić information content (AvgIpc) is 2.70. The molecule has 3 atom stereocenters. The van der Waals surface area contributed by atoms with Gasteiger partial charge in [0.25, 0.3) is 0 Å². The van der Waals surface area contributed by atoms with Gasteiger partial charge in [-0.2, -0.15) is 13.2 Å². The van der Waals surface area contributed by atoms with Crippen molar-refractivity contribution in [3.05, 3.63) is 47.8 Å². The van der Waals surface area contributed by atoms with Gasteiger partial charge in [-0.05, 0) is 38.0 Å². The Bertz CT molecular complexity index is 892. The van der Waals surface area contributed by atoms with Crippen LogP contribution in [-0.2, 0) is 6.18 Å². The molecule has 0 bridgehead atoms. The molecule has 0 aliphatic carbocycles. The van der Waals surface area contributed by atoms with E-state index in [9.17, 15) is 22.0 Å². The van der Waals surface area contributed by atoms with Gasteiger partial charge < -0.3 is 9.64 Å². The molecular formula is C20H21F5N4O. The first kappa shape index (κ1) is 20.8. The van der Waals surface area contributed by atoms with E-state index in [0.29, 0.717) is 44.5 Å². The monoisotopic (exact) mass is 428 g/mol. The fraction of sp³-hybridized carbons (Fsp3) is 0.500. The number of aromatic nitrogens is 2. The molecule has 2 aromatic rings. The van der Waals surface area contributed by atoms with E-state index < -0.39 is 29.5 Å². The summed E-state index contributed by atoms with van der Waals surface area (Å²) >= 11 is 0. The van der Waals surface area contributed by atoms with E-state index in [1.807, 2.05) is 11.8 Å². The predicted molar refractivity (Wildman–Crippen MR) is 99.2 cm³/mol. The maximum atomic E-state index is 13.3. The minimum atomic E-state index is -4.69. The summed E-state index contributed by atoms with van der Waals surface area (Å²) in [5, 5.41) is 0. The van der Waals surface area contributed by atoms with Crippen LogP contribution < -0.4 is 9.64 Å². The van der Waals surface area contributed by atoms with Crippen LogP contribution >= 0.6 is 0 Å². The van der Waals surface area contributed by atoms with Crippen LogP contribution in [0.25, 0.3) is 0 Å². The molecule has 1 aromatic heterocycles. The zero-order valence-electron chi connectivity index (χ0n) is 16.2. The Morgan fingerprint density at radius 2 is 1.77 bits per heavy atom. The van der Waals surface area contributed by atoms with Crippen LogP contribution in [0.5, 0.6) is 5.75 Å². The summed E-state index contributed by atoms with van der Waals surface area (Å²) < 4.78 is 71.8. The molecule has 162 valence electrons. The van der Waals surface area contributed by atoms with Crippen molar-refractivity contribution in [2.45, 2.75) is 44.1 Å². The Kier molecular flexibility index (Phi) is 5.52. The highest BCUT2D eigenvalue weighted by molar-refractivity contribution is 5.37. The number of hydrogen-bond acceptors (Lipinski definition) is 5. The van der Waals surface area contributed by atoms with Crippen molar-refractivity contribution in [3.63, 3.8) is 0 Å². The third kappa shape index (κ3) is 4.19. The van der Waals surface area contributed by atoms with E-state index in [1.54, 1.807) is 0 Å². The highest BCUT2D eigenvalue weighted by atomic mass is 19.4. The number of anilines is 1. The number of ether oxygens (including phenoxy) is 1. The molecule has 2 aliphatic rings. The molecule has 1 unspecified atom stereocenters. The van der Waals surface area contributed by atoms with Crippen molar-refractivity contribution in [3.8, 4) is 5.75 Å². The van der Waals surface area contributed by atoms with Crippen molar-refractivity contribution in [2.24, 2.45) is 0 Å². The Balaban J connectivity index is 1.44.